The van der Waals surface area contributed by atoms with Gasteiger partial charge in [-0.05, 0) is 60.4 Å². The lowest BCUT2D eigenvalue weighted by molar-refractivity contribution is -0.119. The summed E-state index contributed by atoms with van der Waals surface area (Å²) in [6.45, 7) is 1.91. The minimum Gasteiger partial charge on any atom is -0.323 e. The Balaban J connectivity index is 1.43. The highest BCUT2D eigenvalue weighted by Gasteiger charge is 2.24. The normalized spacial score (nSPS) is 17.1. The largest absolute Gasteiger partial charge is 0.323 e. The molecule has 2 unspecified atom stereocenters. The number of carbonyl (C=O) groups is 1. The molecule has 1 amide bonds. The molecular weight excluding hydrogens is 571 g/mol. The van der Waals surface area contributed by atoms with Gasteiger partial charge in [0.25, 0.3) is 5.56 Å². The van der Waals surface area contributed by atoms with Gasteiger partial charge in [0, 0.05) is 46.4 Å². The summed E-state index contributed by atoms with van der Waals surface area (Å²) in [6.07, 6.45) is 6.95. The van der Waals surface area contributed by atoms with Crippen molar-refractivity contribution in [1.29, 1.82) is 0 Å². The van der Waals surface area contributed by atoms with Crippen LogP contribution in [-0.4, -0.2) is 30.2 Å². The maximum absolute atomic E-state index is 13.8. The number of hydrogen-bond donors (Lipinski definition) is 1. The Kier molecular flexibility index (Phi) is 7.66. The van der Waals surface area contributed by atoms with Gasteiger partial charge in [0.15, 0.2) is 0 Å². The van der Waals surface area contributed by atoms with Crippen LogP contribution < -0.4 is 10.9 Å². The summed E-state index contributed by atoms with van der Waals surface area (Å²) >= 11 is 12.5. The lowest BCUT2D eigenvalue weighted by Crippen LogP contribution is -2.27. The lowest BCUT2D eigenvalue weighted by atomic mass is 9.96. The maximum Gasteiger partial charge on any atom is 0.254 e. The number of amides is 1. The lowest BCUT2D eigenvalue weighted by Gasteiger charge is -2.22. The van der Waals surface area contributed by atoms with Gasteiger partial charge < -0.3 is 5.32 Å². The highest BCUT2D eigenvalue weighted by atomic mass is 35.5. The van der Waals surface area contributed by atoms with Crippen molar-refractivity contribution in [2.45, 2.75) is 32.2 Å². The fraction of sp³-hybridized carbons (Fsp3) is 0.219. The van der Waals surface area contributed by atoms with Crippen LogP contribution in [0.4, 0.5) is 5.69 Å². The number of nitrogens with zero attached hydrogens (tertiary/aromatic N) is 5. The van der Waals surface area contributed by atoms with Crippen molar-refractivity contribution in [2.24, 2.45) is 13.0 Å². The monoisotopic (exact) mass is 598 g/mol. The predicted octanol–water partition coefficient (Wildman–Crippen LogP) is 7.03. The number of benzene rings is 2. The summed E-state index contributed by atoms with van der Waals surface area (Å²) in [5, 5.41) is 8.58. The number of aryl methyl sites for hydroxylation is 1. The number of halogens is 2. The van der Waals surface area contributed by atoms with E-state index < -0.39 is 0 Å². The molecule has 2 aromatic carbocycles. The second-order valence-electron chi connectivity index (χ2n) is 10.6. The Morgan fingerprint density at radius 2 is 1.67 bits per heavy atom. The summed E-state index contributed by atoms with van der Waals surface area (Å²) in [4.78, 5) is 36.1. The molecule has 0 fully saturated rings. The summed E-state index contributed by atoms with van der Waals surface area (Å²) in [5.74, 6) is -0.271. The van der Waals surface area contributed by atoms with Gasteiger partial charge in [-0.15, -0.1) is 0 Å². The van der Waals surface area contributed by atoms with Gasteiger partial charge in [-0.2, -0.15) is 5.10 Å². The maximum atomic E-state index is 13.8. The van der Waals surface area contributed by atoms with Crippen LogP contribution in [0.15, 0.2) is 84.2 Å². The van der Waals surface area contributed by atoms with Gasteiger partial charge in [-0.3, -0.25) is 23.8 Å². The first-order chi connectivity index (χ1) is 20.3. The smallest absolute Gasteiger partial charge is 0.254 e. The molecule has 5 aromatic rings. The van der Waals surface area contributed by atoms with Crippen LogP contribution >= 0.6 is 23.2 Å². The molecule has 0 spiro atoms. The number of fused-ring (bicyclic) bond motifs is 4. The third kappa shape index (κ3) is 5.47. The van der Waals surface area contributed by atoms with E-state index in [2.05, 4.69) is 15.4 Å². The number of hydrogen-bond acceptors (Lipinski definition) is 5. The van der Waals surface area contributed by atoms with Crippen molar-refractivity contribution >= 4 is 34.8 Å². The molecule has 212 valence electrons. The zero-order valence-corrected chi connectivity index (χ0v) is 24.6. The molecule has 1 N–H and O–H groups in total. The van der Waals surface area contributed by atoms with Crippen LogP contribution in [0.5, 0.6) is 0 Å². The van der Waals surface area contributed by atoms with Gasteiger partial charge in [-0.1, -0.05) is 54.7 Å². The molecule has 0 saturated heterocycles. The Bertz CT molecular complexity index is 1850. The Morgan fingerprint density at radius 1 is 0.881 bits per heavy atom. The van der Waals surface area contributed by atoms with Gasteiger partial charge in [0.05, 0.1) is 41.3 Å². The first kappa shape index (κ1) is 27.9. The molecule has 0 radical (unpaired) electrons. The molecule has 1 aliphatic rings. The highest BCUT2D eigenvalue weighted by Crippen LogP contribution is 2.35. The van der Waals surface area contributed by atoms with E-state index in [4.69, 9.17) is 28.2 Å². The molecule has 6 rings (SSSR count). The fourth-order valence-electron chi connectivity index (χ4n) is 5.48. The third-order valence-electron chi connectivity index (χ3n) is 7.74. The highest BCUT2D eigenvalue weighted by molar-refractivity contribution is 6.31. The molecule has 3 aromatic heterocycles. The van der Waals surface area contributed by atoms with Crippen molar-refractivity contribution in [3.63, 3.8) is 0 Å². The zero-order valence-electron chi connectivity index (χ0n) is 23.1. The average molecular weight is 600 g/mol. The standard InChI is InChI=1S/C32H28Cl2N6O2/c1-19-4-3-5-29(27-14-21(12-13-35-27)31-28(38-32(19)42)17-37-39(31)2)40-18-36-26(16-30(40)41)25-15-23(34)10-11-24(25)20-6-8-22(33)9-7-20/h6-19,29H,3-5H2,1-2H3,(H,38,42). The number of nitrogens with one attached hydrogen (secondary N) is 1. The van der Waals surface area contributed by atoms with E-state index in [1.807, 2.05) is 68.6 Å². The van der Waals surface area contributed by atoms with Crippen LogP contribution in [0.2, 0.25) is 10.0 Å². The Morgan fingerprint density at radius 3 is 2.45 bits per heavy atom. The van der Waals surface area contributed by atoms with Crippen LogP contribution in [-0.2, 0) is 11.8 Å². The molecule has 8 nitrogen and oxygen atoms in total. The van der Waals surface area contributed by atoms with Gasteiger partial charge in [0.1, 0.15) is 0 Å². The molecule has 2 atom stereocenters. The molecule has 2 bridgehead atoms. The van der Waals surface area contributed by atoms with E-state index in [0.29, 0.717) is 40.7 Å². The number of aromatic nitrogens is 5. The minimum atomic E-state index is -0.375. The van der Waals surface area contributed by atoms with Crippen molar-refractivity contribution in [3.8, 4) is 33.6 Å². The van der Waals surface area contributed by atoms with E-state index in [1.165, 1.54) is 0 Å². The third-order valence-corrected chi connectivity index (χ3v) is 8.23. The molecule has 42 heavy (non-hydrogen) atoms. The van der Waals surface area contributed by atoms with Crippen molar-refractivity contribution in [1.82, 2.24) is 24.3 Å². The minimum absolute atomic E-state index is 0.0585. The zero-order chi connectivity index (χ0) is 29.4. The Hall–Kier alpha value is -4.27. The van der Waals surface area contributed by atoms with Crippen LogP contribution in [0.3, 0.4) is 0 Å². The van der Waals surface area contributed by atoms with Crippen molar-refractivity contribution < 1.29 is 4.79 Å². The van der Waals surface area contributed by atoms with Gasteiger partial charge >= 0.3 is 0 Å². The number of anilines is 1. The summed E-state index contributed by atoms with van der Waals surface area (Å²) in [6, 6.07) is 18.0. The SMILES string of the molecule is CC1CCCC(n2cnc(-c3cc(Cl)ccc3-c3ccc(Cl)cc3)cc2=O)c2cc(ccn2)-c2c(cnn2C)NC1=O. The van der Waals surface area contributed by atoms with Crippen LogP contribution in [0.1, 0.15) is 37.9 Å². The molecule has 0 saturated carbocycles. The molecule has 1 aliphatic heterocycles. The molecule has 4 heterocycles. The van der Waals surface area contributed by atoms with E-state index in [-0.39, 0.29) is 23.4 Å². The number of pyridine rings is 1. The Labute approximate surface area is 253 Å². The number of carbonyl (C=O) groups excluding carboxylic acids is 1. The van der Waals surface area contributed by atoms with Gasteiger partial charge in [0.2, 0.25) is 5.91 Å². The van der Waals surface area contributed by atoms with Crippen molar-refractivity contribution in [3.05, 3.63) is 105 Å². The van der Waals surface area contributed by atoms with E-state index in [0.717, 1.165) is 33.6 Å². The van der Waals surface area contributed by atoms with E-state index >= 15 is 0 Å². The van der Waals surface area contributed by atoms with E-state index in [9.17, 15) is 9.59 Å². The molecular formula is C32H28Cl2N6O2. The predicted molar refractivity (Wildman–Crippen MR) is 166 cm³/mol. The molecule has 10 heteroatoms. The average Bonchev–Trinajstić information content (AvgIpc) is 3.35. The van der Waals surface area contributed by atoms with Crippen LogP contribution in [0, 0.1) is 5.92 Å². The summed E-state index contributed by atoms with van der Waals surface area (Å²) in [7, 11) is 1.83. The fourth-order valence-corrected chi connectivity index (χ4v) is 5.78. The second kappa shape index (κ2) is 11.5. The first-order valence-electron chi connectivity index (χ1n) is 13.7. The van der Waals surface area contributed by atoms with E-state index in [1.54, 1.807) is 34.0 Å². The molecule has 0 aliphatic carbocycles. The summed E-state index contributed by atoms with van der Waals surface area (Å²) < 4.78 is 3.36. The van der Waals surface area contributed by atoms with Crippen LogP contribution in [0.25, 0.3) is 33.6 Å². The number of rotatable bonds is 3. The van der Waals surface area contributed by atoms with Gasteiger partial charge in [-0.25, -0.2) is 4.98 Å². The quantitative estimate of drug-likeness (QED) is 0.240. The second-order valence-corrected chi connectivity index (χ2v) is 11.4. The first-order valence-corrected chi connectivity index (χ1v) is 14.5. The van der Waals surface area contributed by atoms with Crippen molar-refractivity contribution in [2.75, 3.05) is 5.32 Å². The summed E-state index contributed by atoms with van der Waals surface area (Å²) in [5.41, 5.74) is 5.88. The topological polar surface area (TPSA) is 94.7 Å².